The molecule has 6 heteroatoms. The molecule has 1 heterocycles. The molecular formula is C18H16O5S. The molecule has 0 atom stereocenters. The van der Waals surface area contributed by atoms with Crippen LogP contribution in [0.25, 0.3) is 11.0 Å². The van der Waals surface area contributed by atoms with Crippen LogP contribution in [0.5, 0.6) is 0 Å². The van der Waals surface area contributed by atoms with Gasteiger partial charge in [-0.1, -0.05) is 17.7 Å². The third-order valence-corrected chi connectivity index (χ3v) is 5.13. The van der Waals surface area contributed by atoms with Crippen molar-refractivity contribution in [2.45, 2.75) is 25.7 Å². The second-order valence-electron chi connectivity index (χ2n) is 5.63. The minimum Gasteiger partial charge on any atom is -0.461 e. The van der Waals surface area contributed by atoms with Gasteiger partial charge in [0.25, 0.3) is 0 Å². The number of hydrogen-bond donors (Lipinski definition) is 0. The highest BCUT2D eigenvalue weighted by atomic mass is 32.2. The average molecular weight is 344 g/mol. The molecule has 0 spiro atoms. The number of fused-ring (bicyclic) bond motifs is 1. The fourth-order valence-corrected chi connectivity index (χ4v) is 3.23. The predicted octanol–water partition coefficient (Wildman–Crippen LogP) is 3.90. The Kier molecular flexibility index (Phi) is 3.93. The number of benzene rings is 2. The van der Waals surface area contributed by atoms with Gasteiger partial charge in [0.15, 0.2) is 0 Å². The van der Waals surface area contributed by atoms with Crippen LogP contribution in [0.1, 0.15) is 27.2 Å². The zero-order chi connectivity index (χ0) is 17.5. The highest BCUT2D eigenvalue weighted by molar-refractivity contribution is 7.87. The standard InChI is InChI=1S/C18H16O5S/c1-11-4-7-15(8-5-11)24(20,21)23-18(19)14-6-9-17-16(10-14)12(2)13(3)22-17/h4-10H,1-3H3. The van der Waals surface area contributed by atoms with Crippen LogP contribution in [0.3, 0.4) is 0 Å². The summed E-state index contributed by atoms with van der Waals surface area (Å²) in [5.74, 6) is -0.168. The number of furan rings is 1. The molecule has 0 aliphatic rings. The molecule has 1 aromatic heterocycles. The number of rotatable bonds is 3. The van der Waals surface area contributed by atoms with Gasteiger partial charge in [0.2, 0.25) is 0 Å². The first-order chi connectivity index (χ1) is 11.3. The molecule has 0 bridgehead atoms. The summed E-state index contributed by atoms with van der Waals surface area (Å²) in [6.45, 7) is 5.54. The maximum absolute atomic E-state index is 12.2. The molecular weight excluding hydrogens is 328 g/mol. The van der Waals surface area contributed by atoms with E-state index in [0.717, 1.165) is 22.3 Å². The van der Waals surface area contributed by atoms with Gasteiger partial charge in [-0.05, 0) is 56.7 Å². The molecule has 0 saturated heterocycles. The Bertz CT molecular complexity index is 1030. The monoisotopic (exact) mass is 344 g/mol. The Labute approximate surface area is 140 Å². The summed E-state index contributed by atoms with van der Waals surface area (Å²) >= 11 is 0. The van der Waals surface area contributed by atoms with Crippen molar-refractivity contribution in [1.82, 2.24) is 0 Å². The molecule has 0 unspecified atom stereocenters. The van der Waals surface area contributed by atoms with Crippen LogP contribution in [-0.2, 0) is 14.3 Å². The molecule has 0 N–H and O–H groups in total. The maximum Gasteiger partial charge on any atom is 0.354 e. The maximum atomic E-state index is 12.2. The van der Waals surface area contributed by atoms with Crippen LogP contribution in [-0.4, -0.2) is 14.4 Å². The van der Waals surface area contributed by atoms with Crippen molar-refractivity contribution < 1.29 is 21.8 Å². The molecule has 0 amide bonds. The van der Waals surface area contributed by atoms with E-state index < -0.39 is 16.1 Å². The predicted molar refractivity (Wildman–Crippen MR) is 89.5 cm³/mol. The smallest absolute Gasteiger partial charge is 0.354 e. The first-order valence-electron chi connectivity index (χ1n) is 7.33. The summed E-state index contributed by atoms with van der Waals surface area (Å²) in [6, 6.07) is 10.8. The highest BCUT2D eigenvalue weighted by Gasteiger charge is 2.22. The van der Waals surface area contributed by atoms with Crippen LogP contribution in [0, 0.1) is 20.8 Å². The second kappa shape index (κ2) is 5.79. The summed E-state index contributed by atoms with van der Waals surface area (Å²) in [5.41, 5.74) is 2.61. The molecule has 2 aromatic carbocycles. The zero-order valence-corrected chi connectivity index (χ0v) is 14.3. The fraction of sp³-hybridized carbons (Fsp3) is 0.167. The molecule has 0 radical (unpaired) electrons. The van der Waals surface area contributed by atoms with E-state index in [1.54, 1.807) is 24.3 Å². The molecule has 24 heavy (non-hydrogen) atoms. The van der Waals surface area contributed by atoms with Crippen LogP contribution >= 0.6 is 0 Å². The summed E-state index contributed by atoms with van der Waals surface area (Å²) in [5, 5.41) is 0.759. The SMILES string of the molecule is Cc1ccc(S(=O)(=O)OC(=O)c2ccc3oc(C)c(C)c3c2)cc1. The lowest BCUT2D eigenvalue weighted by atomic mass is 10.1. The lowest BCUT2D eigenvalue weighted by molar-refractivity contribution is 0.0747. The number of carbonyl (C=O) groups excluding carboxylic acids is 1. The summed E-state index contributed by atoms with van der Waals surface area (Å²) in [7, 11) is -4.16. The van der Waals surface area contributed by atoms with Crippen molar-refractivity contribution in [1.29, 1.82) is 0 Å². The van der Waals surface area contributed by atoms with Gasteiger partial charge in [0.1, 0.15) is 16.2 Å². The number of carbonyl (C=O) groups is 1. The minimum absolute atomic E-state index is 0.0575. The molecule has 3 rings (SSSR count). The average Bonchev–Trinajstić information content (AvgIpc) is 2.81. The van der Waals surface area contributed by atoms with Crippen LogP contribution in [0.2, 0.25) is 0 Å². The van der Waals surface area contributed by atoms with E-state index in [-0.39, 0.29) is 10.5 Å². The minimum atomic E-state index is -4.16. The van der Waals surface area contributed by atoms with E-state index in [9.17, 15) is 13.2 Å². The largest absolute Gasteiger partial charge is 0.461 e. The zero-order valence-electron chi connectivity index (χ0n) is 13.5. The van der Waals surface area contributed by atoms with E-state index >= 15 is 0 Å². The number of aryl methyl sites for hydroxylation is 3. The van der Waals surface area contributed by atoms with E-state index in [1.807, 2.05) is 20.8 Å². The Hall–Kier alpha value is -2.60. The molecule has 3 aromatic rings. The van der Waals surface area contributed by atoms with Gasteiger partial charge >= 0.3 is 16.1 Å². The molecule has 0 aliphatic carbocycles. The lowest BCUT2D eigenvalue weighted by Crippen LogP contribution is -2.13. The molecule has 124 valence electrons. The quantitative estimate of drug-likeness (QED) is 0.674. The molecule has 0 fully saturated rings. The van der Waals surface area contributed by atoms with E-state index in [4.69, 9.17) is 8.60 Å². The van der Waals surface area contributed by atoms with Gasteiger partial charge in [0.05, 0.1) is 5.56 Å². The Morgan fingerprint density at radius 1 is 1.00 bits per heavy atom. The van der Waals surface area contributed by atoms with Gasteiger partial charge < -0.3 is 8.60 Å². The van der Waals surface area contributed by atoms with Crippen molar-refractivity contribution in [3.63, 3.8) is 0 Å². The summed E-state index contributed by atoms with van der Waals surface area (Å²) in [6.07, 6.45) is 0. The summed E-state index contributed by atoms with van der Waals surface area (Å²) < 4.78 is 34.7. The Morgan fingerprint density at radius 2 is 1.67 bits per heavy atom. The molecule has 5 nitrogen and oxygen atoms in total. The van der Waals surface area contributed by atoms with Crippen LogP contribution < -0.4 is 0 Å². The van der Waals surface area contributed by atoms with Crippen molar-refractivity contribution in [3.8, 4) is 0 Å². The van der Waals surface area contributed by atoms with E-state index in [2.05, 4.69) is 0 Å². The van der Waals surface area contributed by atoms with Gasteiger partial charge in [-0.15, -0.1) is 0 Å². The van der Waals surface area contributed by atoms with E-state index in [1.165, 1.54) is 18.2 Å². The first-order valence-corrected chi connectivity index (χ1v) is 8.74. The summed E-state index contributed by atoms with van der Waals surface area (Å²) in [4.78, 5) is 12.2. The van der Waals surface area contributed by atoms with Gasteiger partial charge in [-0.3, -0.25) is 0 Å². The van der Waals surface area contributed by atoms with Crippen molar-refractivity contribution >= 4 is 27.1 Å². The van der Waals surface area contributed by atoms with Crippen molar-refractivity contribution in [2.24, 2.45) is 0 Å². The Balaban J connectivity index is 1.91. The third-order valence-electron chi connectivity index (χ3n) is 3.91. The molecule has 0 saturated carbocycles. The highest BCUT2D eigenvalue weighted by Crippen LogP contribution is 2.26. The number of hydrogen-bond acceptors (Lipinski definition) is 5. The van der Waals surface area contributed by atoms with Crippen molar-refractivity contribution in [3.05, 3.63) is 64.9 Å². The third kappa shape index (κ3) is 2.92. The first kappa shape index (κ1) is 16.3. The van der Waals surface area contributed by atoms with Gasteiger partial charge in [0, 0.05) is 5.39 Å². The Morgan fingerprint density at radius 3 is 2.33 bits per heavy atom. The normalized spacial score (nSPS) is 11.6. The van der Waals surface area contributed by atoms with Gasteiger partial charge in [-0.25, -0.2) is 4.79 Å². The van der Waals surface area contributed by atoms with Crippen LogP contribution in [0.4, 0.5) is 0 Å². The molecule has 0 aliphatic heterocycles. The van der Waals surface area contributed by atoms with Crippen molar-refractivity contribution in [2.75, 3.05) is 0 Å². The topological polar surface area (TPSA) is 73.6 Å². The second-order valence-corrected chi connectivity index (χ2v) is 7.18. The van der Waals surface area contributed by atoms with Gasteiger partial charge in [-0.2, -0.15) is 8.42 Å². The lowest BCUT2D eigenvalue weighted by Gasteiger charge is -2.06. The fourth-order valence-electron chi connectivity index (χ4n) is 2.37. The van der Waals surface area contributed by atoms with Crippen LogP contribution in [0.15, 0.2) is 51.8 Å². The van der Waals surface area contributed by atoms with E-state index in [0.29, 0.717) is 5.58 Å².